The number of nitrogen functional groups attached to an aromatic ring is 1. The normalized spacial score (nSPS) is 14.8. The smallest absolute Gasteiger partial charge is 0.268 e. The lowest BCUT2D eigenvalue weighted by molar-refractivity contribution is 0.0531. The van der Waals surface area contributed by atoms with Gasteiger partial charge in [0.25, 0.3) is 5.91 Å². The molecule has 1 aliphatic carbocycles. The molecule has 1 heterocycles. The summed E-state index contributed by atoms with van der Waals surface area (Å²) in [7, 11) is 0. The van der Waals surface area contributed by atoms with Crippen molar-refractivity contribution in [3.63, 3.8) is 0 Å². The van der Waals surface area contributed by atoms with Crippen LogP contribution in [0.4, 0.5) is 10.9 Å². The quantitative estimate of drug-likeness (QED) is 0.798. The Balaban J connectivity index is 2.20. The predicted molar refractivity (Wildman–Crippen MR) is 85.8 cm³/mol. The Hall–Kier alpha value is -1.34. The third kappa shape index (κ3) is 3.29. The zero-order valence-corrected chi connectivity index (χ0v) is 13.5. The number of anilines is 2. The molecule has 1 saturated carbocycles. The van der Waals surface area contributed by atoms with Gasteiger partial charge in [0.05, 0.1) is 6.61 Å². The maximum atomic E-state index is 12.7. The lowest BCUT2D eigenvalue weighted by Crippen LogP contribution is -2.45. The van der Waals surface area contributed by atoms with E-state index in [0.29, 0.717) is 17.2 Å². The van der Waals surface area contributed by atoms with E-state index in [1.54, 1.807) is 4.90 Å². The first-order valence-electron chi connectivity index (χ1n) is 7.55. The van der Waals surface area contributed by atoms with E-state index in [1.165, 1.54) is 11.3 Å². The third-order valence-electron chi connectivity index (χ3n) is 3.99. The maximum Gasteiger partial charge on any atom is 0.268 e. The summed E-state index contributed by atoms with van der Waals surface area (Å²) in [4.78, 5) is 21.3. The van der Waals surface area contributed by atoms with Crippen molar-refractivity contribution in [2.24, 2.45) is 0 Å². The van der Waals surface area contributed by atoms with Crippen LogP contribution >= 0.6 is 11.3 Å². The first kappa shape index (κ1) is 16.0. The molecule has 6 nitrogen and oxygen atoms in total. The molecular weight excluding hydrogens is 288 g/mol. The van der Waals surface area contributed by atoms with Gasteiger partial charge in [-0.25, -0.2) is 4.98 Å². The molecule has 1 aliphatic rings. The molecule has 1 fully saturated rings. The van der Waals surface area contributed by atoms with Gasteiger partial charge in [0.1, 0.15) is 10.7 Å². The largest absolute Gasteiger partial charge is 0.395 e. The fourth-order valence-electron chi connectivity index (χ4n) is 2.49. The van der Waals surface area contributed by atoms with Crippen molar-refractivity contribution in [2.75, 3.05) is 36.9 Å². The average Bonchev–Trinajstić information content (AvgIpc) is 2.79. The van der Waals surface area contributed by atoms with Crippen LogP contribution < -0.4 is 10.6 Å². The molecule has 3 N–H and O–H groups in total. The van der Waals surface area contributed by atoms with Gasteiger partial charge in [0.15, 0.2) is 5.13 Å². The standard InChI is InChI=1S/C14H24N4O2S/c1-3-17(4-2)14-16-12(15)11(21-14)13(20)18(8-9-19)10-6-5-7-10/h10,19H,3-9,15H2,1-2H3. The highest BCUT2D eigenvalue weighted by molar-refractivity contribution is 7.18. The third-order valence-corrected chi connectivity index (χ3v) is 5.11. The Morgan fingerprint density at radius 3 is 2.57 bits per heavy atom. The molecule has 0 aliphatic heterocycles. The van der Waals surface area contributed by atoms with Gasteiger partial charge in [-0.2, -0.15) is 0 Å². The van der Waals surface area contributed by atoms with Gasteiger partial charge in [-0.3, -0.25) is 4.79 Å². The van der Waals surface area contributed by atoms with Crippen molar-refractivity contribution in [1.29, 1.82) is 0 Å². The molecule has 7 heteroatoms. The van der Waals surface area contributed by atoms with Gasteiger partial charge < -0.3 is 20.6 Å². The molecule has 0 aromatic carbocycles. The molecule has 21 heavy (non-hydrogen) atoms. The Kier molecular flexibility index (Phi) is 5.41. The summed E-state index contributed by atoms with van der Waals surface area (Å²) in [6, 6.07) is 0.239. The minimum absolute atomic E-state index is 0.0240. The second kappa shape index (κ2) is 7.09. The van der Waals surface area contributed by atoms with Crippen molar-refractivity contribution in [2.45, 2.75) is 39.2 Å². The number of hydrogen-bond acceptors (Lipinski definition) is 6. The highest BCUT2D eigenvalue weighted by Gasteiger charge is 2.31. The molecule has 0 atom stereocenters. The summed E-state index contributed by atoms with van der Waals surface area (Å²) in [5, 5.41) is 9.98. The van der Waals surface area contributed by atoms with Gasteiger partial charge >= 0.3 is 0 Å². The lowest BCUT2D eigenvalue weighted by atomic mass is 9.91. The summed E-state index contributed by atoms with van der Waals surface area (Å²) in [5.74, 6) is 0.205. The fourth-order valence-corrected chi connectivity index (χ4v) is 3.56. The lowest BCUT2D eigenvalue weighted by Gasteiger charge is -2.37. The number of nitrogens with zero attached hydrogens (tertiary/aromatic N) is 3. The molecule has 2 rings (SSSR count). The summed E-state index contributed by atoms with van der Waals surface area (Å²) in [5.41, 5.74) is 5.95. The number of rotatable bonds is 7. The Morgan fingerprint density at radius 2 is 2.10 bits per heavy atom. The number of amides is 1. The predicted octanol–water partition coefficient (Wildman–Crippen LogP) is 1.56. The second-order valence-corrected chi connectivity index (χ2v) is 6.17. The van der Waals surface area contributed by atoms with Crippen LogP contribution in [0.5, 0.6) is 0 Å². The minimum Gasteiger partial charge on any atom is -0.395 e. The fraction of sp³-hybridized carbons (Fsp3) is 0.714. The number of carbonyl (C=O) groups excluding carboxylic acids is 1. The zero-order chi connectivity index (χ0) is 15.4. The molecule has 0 radical (unpaired) electrons. The zero-order valence-electron chi connectivity index (χ0n) is 12.7. The van der Waals surface area contributed by atoms with Gasteiger partial charge in [-0.05, 0) is 33.1 Å². The highest BCUT2D eigenvalue weighted by Crippen LogP contribution is 2.32. The van der Waals surface area contributed by atoms with E-state index in [1.807, 2.05) is 0 Å². The van der Waals surface area contributed by atoms with Crippen LogP contribution in [-0.2, 0) is 0 Å². The molecular formula is C14H24N4O2S. The van der Waals surface area contributed by atoms with Crippen LogP contribution in [-0.4, -0.2) is 53.2 Å². The summed E-state index contributed by atoms with van der Waals surface area (Å²) in [6.07, 6.45) is 3.16. The number of aliphatic hydroxyl groups is 1. The van der Waals surface area contributed by atoms with Crippen LogP contribution in [0.25, 0.3) is 0 Å². The van der Waals surface area contributed by atoms with Crippen LogP contribution in [0.3, 0.4) is 0 Å². The van der Waals surface area contributed by atoms with Crippen molar-refractivity contribution in [1.82, 2.24) is 9.88 Å². The number of nitrogens with two attached hydrogens (primary N) is 1. The van der Waals surface area contributed by atoms with Gasteiger partial charge in [-0.15, -0.1) is 0 Å². The van der Waals surface area contributed by atoms with E-state index in [-0.39, 0.29) is 18.6 Å². The molecule has 1 aromatic heterocycles. The molecule has 0 bridgehead atoms. The molecule has 118 valence electrons. The van der Waals surface area contributed by atoms with Crippen LogP contribution in [0, 0.1) is 0 Å². The second-order valence-electron chi connectivity index (χ2n) is 5.19. The van der Waals surface area contributed by atoms with E-state index < -0.39 is 0 Å². The van der Waals surface area contributed by atoms with E-state index >= 15 is 0 Å². The molecule has 0 saturated heterocycles. The van der Waals surface area contributed by atoms with E-state index in [0.717, 1.165) is 37.5 Å². The number of aliphatic hydroxyl groups excluding tert-OH is 1. The summed E-state index contributed by atoms with van der Waals surface area (Å²) < 4.78 is 0. The number of hydrogen-bond donors (Lipinski definition) is 2. The van der Waals surface area contributed by atoms with Crippen LogP contribution in [0.2, 0.25) is 0 Å². The first-order valence-corrected chi connectivity index (χ1v) is 8.37. The Labute approximate surface area is 129 Å². The molecule has 1 aromatic rings. The number of thiazole rings is 1. The van der Waals surface area contributed by atoms with Crippen molar-refractivity contribution in [3.05, 3.63) is 4.88 Å². The van der Waals surface area contributed by atoms with Crippen molar-refractivity contribution < 1.29 is 9.90 Å². The maximum absolute atomic E-state index is 12.7. The number of aromatic nitrogens is 1. The van der Waals surface area contributed by atoms with Crippen LogP contribution in [0.15, 0.2) is 0 Å². The SMILES string of the molecule is CCN(CC)c1nc(N)c(C(=O)N(CCO)C2CCC2)s1. The van der Waals surface area contributed by atoms with Gasteiger partial charge in [-0.1, -0.05) is 11.3 Å². The van der Waals surface area contributed by atoms with Crippen molar-refractivity contribution >= 4 is 28.2 Å². The molecule has 0 spiro atoms. The topological polar surface area (TPSA) is 82.7 Å². The summed E-state index contributed by atoms with van der Waals surface area (Å²) >= 11 is 1.35. The van der Waals surface area contributed by atoms with E-state index in [9.17, 15) is 9.90 Å². The van der Waals surface area contributed by atoms with E-state index in [2.05, 4.69) is 23.7 Å². The molecule has 1 amide bonds. The highest BCUT2D eigenvalue weighted by atomic mass is 32.1. The van der Waals surface area contributed by atoms with Crippen LogP contribution in [0.1, 0.15) is 42.8 Å². The van der Waals surface area contributed by atoms with Gasteiger partial charge in [0, 0.05) is 25.7 Å². The minimum atomic E-state index is -0.0952. The first-order chi connectivity index (χ1) is 10.1. The van der Waals surface area contributed by atoms with E-state index in [4.69, 9.17) is 5.73 Å². The monoisotopic (exact) mass is 312 g/mol. The Bertz CT molecular complexity index is 483. The average molecular weight is 312 g/mol. The summed E-state index contributed by atoms with van der Waals surface area (Å²) in [6.45, 7) is 6.11. The molecule has 0 unspecified atom stereocenters. The van der Waals surface area contributed by atoms with Gasteiger partial charge in [0.2, 0.25) is 0 Å². The number of carbonyl (C=O) groups is 1. The van der Waals surface area contributed by atoms with Crippen molar-refractivity contribution in [3.8, 4) is 0 Å². The Morgan fingerprint density at radius 1 is 1.43 bits per heavy atom.